The first kappa shape index (κ1) is 14.2. The quantitative estimate of drug-likeness (QED) is 0.787. The maximum atomic E-state index is 11.9. The third-order valence-corrected chi connectivity index (χ3v) is 3.72. The first-order chi connectivity index (χ1) is 8.35. The van der Waals surface area contributed by atoms with Crippen molar-refractivity contribution in [3.05, 3.63) is 29.8 Å². The topological polar surface area (TPSA) is 113 Å². The van der Waals surface area contributed by atoms with E-state index in [0.29, 0.717) is 0 Å². The molecule has 96 valence electrons. The number of nitriles is 1. The van der Waals surface area contributed by atoms with Crippen LogP contribution < -0.4 is 10.5 Å². The zero-order valence-electron chi connectivity index (χ0n) is 9.75. The maximum absolute atomic E-state index is 11.9. The summed E-state index contributed by atoms with van der Waals surface area (Å²) < 4.78 is 26.2. The first-order valence-electron chi connectivity index (χ1n) is 5.16. The molecule has 0 aliphatic carbocycles. The fraction of sp³-hybridized carbons (Fsp3) is 0.273. The highest BCUT2D eigenvalue weighted by molar-refractivity contribution is 7.89. The Balaban J connectivity index is 2.93. The summed E-state index contributed by atoms with van der Waals surface area (Å²) in [7, 11) is -3.75. The average molecular weight is 267 g/mol. The van der Waals surface area contributed by atoms with Crippen LogP contribution in [0, 0.1) is 11.3 Å². The molecule has 1 aromatic carbocycles. The van der Waals surface area contributed by atoms with Crippen molar-refractivity contribution in [1.29, 1.82) is 5.26 Å². The number of primary amides is 1. The highest BCUT2D eigenvalue weighted by Crippen LogP contribution is 2.11. The van der Waals surface area contributed by atoms with Crippen molar-refractivity contribution in [2.24, 2.45) is 5.73 Å². The summed E-state index contributed by atoms with van der Waals surface area (Å²) in [5.41, 5.74) is 5.23. The summed E-state index contributed by atoms with van der Waals surface area (Å²) in [4.78, 5) is 10.7. The summed E-state index contributed by atoms with van der Waals surface area (Å²) >= 11 is 0. The number of nitrogens with two attached hydrogens (primary N) is 1. The second kappa shape index (κ2) is 5.62. The molecule has 1 amide bonds. The average Bonchev–Trinajstić information content (AvgIpc) is 2.27. The summed E-state index contributed by atoms with van der Waals surface area (Å²) in [5, 5.41) is 8.70. The van der Waals surface area contributed by atoms with E-state index < -0.39 is 22.0 Å². The summed E-state index contributed by atoms with van der Waals surface area (Å²) in [6.07, 6.45) is -0.0861. The molecule has 6 nitrogen and oxygen atoms in total. The number of nitrogens with one attached hydrogen (secondary N) is 1. The Kier molecular flexibility index (Phi) is 4.42. The SMILES string of the molecule is CC(CC(N)=O)NS(=O)(=O)c1cccc(C#N)c1. The highest BCUT2D eigenvalue weighted by atomic mass is 32.2. The number of carbonyl (C=O) groups is 1. The van der Waals surface area contributed by atoms with Gasteiger partial charge in [0.05, 0.1) is 16.5 Å². The number of hydrogen-bond acceptors (Lipinski definition) is 4. The van der Waals surface area contributed by atoms with Crippen LogP contribution in [0.3, 0.4) is 0 Å². The Morgan fingerprint density at radius 2 is 2.22 bits per heavy atom. The molecular weight excluding hydrogens is 254 g/mol. The number of rotatable bonds is 5. The number of amides is 1. The molecule has 0 saturated heterocycles. The van der Waals surface area contributed by atoms with Gasteiger partial charge in [-0.3, -0.25) is 4.79 Å². The largest absolute Gasteiger partial charge is 0.370 e. The summed E-state index contributed by atoms with van der Waals surface area (Å²) in [6.45, 7) is 1.54. The molecule has 0 heterocycles. The molecule has 0 aliphatic heterocycles. The van der Waals surface area contributed by atoms with E-state index in [9.17, 15) is 13.2 Å². The van der Waals surface area contributed by atoms with Gasteiger partial charge in [-0.1, -0.05) is 6.07 Å². The molecule has 0 radical (unpaired) electrons. The van der Waals surface area contributed by atoms with Crippen LogP contribution in [0.15, 0.2) is 29.2 Å². The zero-order valence-corrected chi connectivity index (χ0v) is 10.6. The molecule has 0 saturated carbocycles. The first-order valence-corrected chi connectivity index (χ1v) is 6.64. The van der Waals surface area contributed by atoms with Gasteiger partial charge in [0.15, 0.2) is 0 Å². The van der Waals surface area contributed by atoms with Gasteiger partial charge in [-0.25, -0.2) is 13.1 Å². The van der Waals surface area contributed by atoms with Crippen molar-refractivity contribution >= 4 is 15.9 Å². The molecule has 1 aromatic rings. The lowest BCUT2D eigenvalue weighted by Crippen LogP contribution is -2.35. The third-order valence-electron chi connectivity index (χ3n) is 2.14. The van der Waals surface area contributed by atoms with E-state index >= 15 is 0 Å². The second-order valence-electron chi connectivity index (χ2n) is 3.83. The minimum atomic E-state index is -3.75. The predicted octanol–water partition coefficient (Wildman–Crippen LogP) is 0.100. The molecular formula is C11H13N3O3S. The minimum absolute atomic E-state index is 0.0159. The minimum Gasteiger partial charge on any atom is -0.370 e. The van der Waals surface area contributed by atoms with Gasteiger partial charge in [0.25, 0.3) is 0 Å². The van der Waals surface area contributed by atoms with E-state index in [1.165, 1.54) is 31.2 Å². The number of sulfonamides is 1. The van der Waals surface area contributed by atoms with Gasteiger partial charge < -0.3 is 5.73 Å². The van der Waals surface area contributed by atoms with E-state index in [1.807, 2.05) is 6.07 Å². The Morgan fingerprint density at radius 1 is 1.56 bits per heavy atom. The van der Waals surface area contributed by atoms with Gasteiger partial charge in [0, 0.05) is 12.5 Å². The molecule has 0 aromatic heterocycles. The van der Waals surface area contributed by atoms with E-state index in [2.05, 4.69) is 4.72 Å². The van der Waals surface area contributed by atoms with Gasteiger partial charge in [0.2, 0.25) is 15.9 Å². The van der Waals surface area contributed by atoms with E-state index in [0.717, 1.165) is 0 Å². The Hall–Kier alpha value is -1.91. The van der Waals surface area contributed by atoms with E-state index in [-0.39, 0.29) is 16.9 Å². The van der Waals surface area contributed by atoms with Crippen LogP contribution in [0.2, 0.25) is 0 Å². The highest BCUT2D eigenvalue weighted by Gasteiger charge is 2.18. The summed E-state index contributed by atoms with van der Waals surface area (Å²) in [6, 6.07) is 6.88. The van der Waals surface area contributed by atoms with Crippen LogP contribution >= 0.6 is 0 Å². The lowest BCUT2D eigenvalue weighted by Gasteiger charge is -2.12. The second-order valence-corrected chi connectivity index (χ2v) is 5.55. The van der Waals surface area contributed by atoms with Gasteiger partial charge in [-0.2, -0.15) is 5.26 Å². The van der Waals surface area contributed by atoms with Gasteiger partial charge in [-0.15, -0.1) is 0 Å². The Bertz CT molecular complexity index is 590. The van der Waals surface area contributed by atoms with Gasteiger partial charge in [-0.05, 0) is 25.1 Å². The zero-order chi connectivity index (χ0) is 13.8. The Labute approximate surface area is 105 Å². The summed E-state index contributed by atoms with van der Waals surface area (Å²) in [5.74, 6) is -0.587. The standard InChI is InChI=1S/C11H13N3O3S/c1-8(5-11(13)15)14-18(16,17)10-4-2-3-9(6-10)7-12/h2-4,6,8,14H,5H2,1H3,(H2,13,15). The van der Waals surface area contributed by atoms with Crippen molar-refractivity contribution in [2.45, 2.75) is 24.3 Å². The van der Waals surface area contributed by atoms with Crippen LogP contribution in [-0.4, -0.2) is 20.4 Å². The number of nitrogens with zero attached hydrogens (tertiary/aromatic N) is 1. The van der Waals surface area contributed by atoms with Crippen molar-refractivity contribution in [2.75, 3.05) is 0 Å². The molecule has 0 bridgehead atoms. The number of benzene rings is 1. The van der Waals surface area contributed by atoms with Gasteiger partial charge in [0.1, 0.15) is 0 Å². The van der Waals surface area contributed by atoms with Crippen LogP contribution in [0.4, 0.5) is 0 Å². The molecule has 0 fully saturated rings. The molecule has 18 heavy (non-hydrogen) atoms. The monoisotopic (exact) mass is 267 g/mol. The molecule has 0 aliphatic rings. The van der Waals surface area contributed by atoms with Crippen LogP contribution in [0.5, 0.6) is 0 Å². The van der Waals surface area contributed by atoms with Crippen molar-refractivity contribution in [3.8, 4) is 6.07 Å². The fourth-order valence-corrected chi connectivity index (χ4v) is 2.70. The smallest absolute Gasteiger partial charge is 0.240 e. The molecule has 1 rings (SSSR count). The lowest BCUT2D eigenvalue weighted by atomic mass is 10.2. The van der Waals surface area contributed by atoms with Crippen molar-refractivity contribution in [1.82, 2.24) is 4.72 Å². The molecule has 0 spiro atoms. The third kappa shape index (κ3) is 3.84. The molecule has 7 heteroatoms. The van der Waals surface area contributed by atoms with E-state index in [1.54, 1.807) is 0 Å². The van der Waals surface area contributed by atoms with Crippen molar-refractivity contribution in [3.63, 3.8) is 0 Å². The lowest BCUT2D eigenvalue weighted by molar-refractivity contribution is -0.118. The number of hydrogen-bond donors (Lipinski definition) is 2. The number of carbonyl (C=O) groups excluding carboxylic acids is 1. The van der Waals surface area contributed by atoms with Crippen molar-refractivity contribution < 1.29 is 13.2 Å². The predicted molar refractivity (Wildman–Crippen MR) is 64.8 cm³/mol. The fourth-order valence-electron chi connectivity index (χ4n) is 1.41. The molecule has 3 N–H and O–H groups in total. The van der Waals surface area contributed by atoms with Crippen LogP contribution in [-0.2, 0) is 14.8 Å². The molecule has 1 unspecified atom stereocenters. The molecule has 1 atom stereocenters. The van der Waals surface area contributed by atoms with Crippen LogP contribution in [0.25, 0.3) is 0 Å². The van der Waals surface area contributed by atoms with Gasteiger partial charge >= 0.3 is 0 Å². The maximum Gasteiger partial charge on any atom is 0.240 e. The normalized spacial score (nSPS) is 12.7. The van der Waals surface area contributed by atoms with Crippen LogP contribution in [0.1, 0.15) is 18.9 Å². The van der Waals surface area contributed by atoms with E-state index in [4.69, 9.17) is 11.0 Å². The Morgan fingerprint density at radius 3 is 2.78 bits per heavy atom.